The molecule has 0 spiro atoms. The topological polar surface area (TPSA) is 81.5 Å². The Kier molecular flexibility index (Phi) is 7.17. The number of nitrogens with zero attached hydrogens (tertiary/aromatic N) is 1. The van der Waals surface area contributed by atoms with Crippen LogP contribution in [0.15, 0.2) is 78.9 Å². The van der Waals surface area contributed by atoms with Crippen LogP contribution in [-0.2, 0) is 4.79 Å². The normalized spacial score (nSPS) is 12.1. The number of hydrogen-bond donors (Lipinski definition) is 1. The molecular weight excluding hydrogens is 392 g/mol. The van der Waals surface area contributed by atoms with Crippen molar-refractivity contribution in [3.8, 4) is 5.75 Å². The van der Waals surface area contributed by atoms with Crippen LogP contribution in [0.5, 0.6) is 5.75 Å². The molecule has 6 heteroatoms. The second-order valence-electron chi connectivity index (χ2n) is 6.98. The second-order valence-corrected chi connectivity index (χ2v) is 6.98. The number of hydrogen-bond acceptors (Lipinski definition) is 4. The second kappa shape index (κ2) is 10.2. The average Bonchev–Trinajstić information content (AvgIpc) is 2.81. The molecule has 0 aromatic heterocycles. The van der Waals surface area contributed by atoms with Crippen molar-refractivity contribution in [2.24, 2.45) is 0 Å². The quantitative estimate of drug-likeness (QED) is 0.230. The van der Waals surface area contributed by atoms with E-state index in [1.165, 1.54) is 12.1 Å². The van der Waals surface area contributed by atoms with Gasteiger partial charge in [0.25, 0.3) is 11.6 Å². The number of amides is 1. The molecule has 31 heavy (non-hydrogen) atoms. The van der Waals surface area contributed by atoms with Crippen molar-refractivity contribution in [3.63, 3.8) is 0 Å². The molecule has 0 unspecified atom stereocenters. The van der Waals surface area contributed by atoms with Crippen LogP contribution >= 0.6 is 0 Å². The fourth-order valence-corrected chi connectivity index (χ4v) is 3.29. The summed E-state index contributed by atoms with van der Waals surface area (Å²) < 4.78 is 5.21. The predicted molar refractivity (Wildman–Crippen MR) is 122 cm³/mol. The number of benzene rings is 3. The summed E-state index contributed by atoms with van der Waals surface area (Å²) in [4.78, 5) is 24.0. The summed E-state index contributed by atoms with van der Waals surface area (Å²) in [5.74, 6) is 0.501. The van der Waals surface area contributed by atoms with Gasteiger partial charge in [0, 0.05) is 17.7 Å². The Morgan fingerprint density at radius 1 is 1.06 bits per heavy atom. The Labute approximate surface area is 181 Å². The van der Waals surface area contributed by atoms with Crippen LogP contribution in [-0.4, -0.2) is 17.9 Å². The maximum Gasteiger partial charge on any atom is 0.270 e. The molecular formula is C25H24N2O4. The van der Waals surface area contributed by atoms with Gasteiger partial charge in [0.2, 0.25) is 0 Å². The highest BCUT2D eigenvalue weighted by atomic mass is 16.6. The maximum atomic E-state index is 13.3. The van der Waals surface area contributed by atoms with Gasteiger partial charge in [0.15, 0.2) is 0 Å². The van der Waals surface area contributed by atoms with Crippen molar-refractivity contribution in [3.05, 3.63) is 106 Å². The Hall–Kier alpha value is -3.93. The van der Waals surface area contributed by atoms with E-state index in [2.05, 4.69) is 5.32 Å². The largest absolute Gasteiger partial charge is 0.497 e. The molecule has 0 saturated heterocycles. The number of rotatable bonds is 8. The maximum absolute atomic E-state index is 13.3. The van der Waals surface area contributed by atoms with Gasteiger partial charge in [0.1, 0.15) is 5.75 Å². The standard InChI is InChI=1S/C25H24N2O4/c1-3-24(20-12-14-22(31-2)15-13-20)26-25(28)23(19-9-5-4-6-10-19)17-18-8-7-11-21(16-18)27(29)30/h4-17,24H,3H2,1-2H3,(H,26,28)/b23-17+/t24-/m1/s1. The Morgan fingerprint density at radius 2 is 1.77 bits per heavy atom. The van der Waals surface area contributed by atoms with Crippen LogP contribution in [0, 0.1) is 10.1 Å². The first-order chi connectivity index (χ1) is 15.0. The van der Waals surface area contributed by atoms with Gasteiger partial charge in [0.05, 0.1) is 18.1 Å². The molecule has 3 aromatic carbocycles. The smallest absolute Gasteiger partial charge is 0.270 e. The van der Waals surface area contributed by atoms with E-state index in [0.717, 1.165) is 16.9 Å². The third-order valence-electron chi connectivity index (χ3n) is 4.95. The fourth-order valence-electron chi connectivity index (χ4n) is 3.29. The summed E-state index contributed by atoms with van der Waals surface area (Å²) in [6.07, 6.45) is 2.38. The highest BCUT2D eigenvalue weighted by Crippen LogP contribution is 2.25. The number of nitrogens with one attached hydrogen (secondary N) is 1. The number of carbonyl (C=O) groups is 1. The number of carbonyl (C=O) groups excluding carboxylic acids is 1. The van der Waals surface area contributed by atoms with Crippen LogP contribution in [0.3, 0.4) is 0 Å². The van der Waals surface area contributed by atoms with Crippen molar-refractivity contribution >= 4 is 23.2 Å². The van der Waals surface area contributed by atoms with E-state index in [0.29, 0.717) is 17.6 Å². The van der Waals surface area contributed by atoms with Gasteiger partial charge in [-0.15, -0.1) is 0 Å². The number of nitro benzene ring substituents is 1. The first-order valence-electron chi connectivity index (χ1n) is 9.98. The van der Waals surface area contributed by atoms with Gasteiger partial charge in [-0.2, -0.15) is 0 Å². The van der Waals surface area contributed by atoms with Crippen LogP contribution < -0.4 is 10.1 Å². The summed E-state index contributed by atoms with van der Waals surface area (Å²) in [5, 5.41) is 14.2. The number of ether oxygens (including phenoxy) is 1. The van der Waals surface area contributed by atoms with Gasteiger partial charge < -0.3 is 10.1 Å². The lowest BCUT2D eigenvalue weighted by molar-refractivity contribution is -0.384. The summed E-state index contributed by atoms with van der Waals surface area (Å²) in [5.41, 5.74) is 2.70. The van der Waals surface area contributed by atoms with Crippen LogP contribution in [0.2, 0.25) is 0 Å². The molecule has 0 fully saturated rings. The molecule has 0 aliphatic carbocycles. The minimum absolute atomic E-state index is 0.0220. The van der Waals surface area contributed by atoms with E-state index in [9.17, 15) is 14.9 Å². The van der Waals surface area contributed by atoms with Crippen molar-refractivity contribution < 1.29 is 14.5 Å². The summed E-state index contributed by atoms with van der Waals surface area (Å²) >= 11 is 0. The van der Waals surface area contributed by atoms with Gasteiger partial charge in [-0.25, -0.2) is 0 Å². The SMILES string of the molecule is CC[C@@H](NC(=O)/C(=C/c1cccc([N+](=O)[O-])c1)c1ccccc1)c1ccc(OC)cc1. The molecule has 1 atom stereocenters. The van der Waals surface area contributed by atoms with Crippen LogP contribution in [0.1, 0.15) is 36.1 Å². The molecule has 1 amide bonds. The average molecular weight is 416 g/mol. The van der Waals surface area contributed by atoms with E-state index in [1.54, 1.807) is 25.3 Å². The molecule has 1 N–H and O–H groups in total. The van der Waals surface area contributed by atoms with Gasteiger partial charge in [-0.3, -0.25) is 14.9 Å². The molecule has 0 bridgehead atoms. The lowest BCUT2D eigenvalue weighted by Crippen LogP contribution is -2.28. The molecule has 3 rings (SSSR count). The zero-order valence-electron chi connectivity index (χ0n) is 17.4. The van der Waals surface area contributed by atoms with Crippen LogP contribution in [0.25, 0.3) is 11.6 Å². The minimum atomic E-state index is -0.448. The Balaban J connectivity index is 1.94. The van der Waals surface area contributed by atoms with E-state index in [4.69, 9.17) is 4.74 Å². The molecule has 0 heterocycles. The Morgan fingerprint density at radius 3 is 2.39 bits per heavy atom. The number of nitro groups is 1. The first-order valence-corrected chi connectivity index (χ1v) is 9.98. The van der Waals surface area contributed by atoms with Gasteiger partial charge in [-0.1, -0.05) is 61.5 Å². The third kappa shape index (κ3) is 5.57. The summed E-state index contributed by atoms with van der Waals surface area (Å²) in [6, 6.07) is 22.9. The van der Waals surface area contributed by atoms with E-state index in [1.807, 2.05) is 61.5 Å². The van der Waals surface area contributed by atoms with Gasteiger partial charge >= 0.3 is 0 Å². The molecule has 3 aromatic rings. The molecule has 0 radical (unpaired) electrons. The zero-order valence-corrected chi connectivity index (χ0v) is 17.4. The molecule has 158 valence electrons. The predicted octanol–water partition coefficient (Wildman–Crippen LogP) is 5.41. The highest BCUT2D eigenvalue weighted by molar-refractivity contribution is 6.24. The van der Waals surface area contributed by atoms with E-state index >= 15 is 0 Å². The summed E-state index contributed by atoms with van der Waals surface area (Å²) in [7, 11) is 1.61. The molecule has 0 saturated carbocycles. The lowest BCUT2D eigenvalue weighted by Gasteiger charge is -2.19. The molecule has 6 nitrogen and oxygen atoms in total. The van der Waals surface area contributed by atoms with Gasteiger partial charge in [-0.05, 0) is 41.3 Å². The molecule has 0 aliphatic rings. The molecule has 0 aliphatic heterocycles. The minimum Gasteiger partial charge on any atom is -0.497 e. The van der Waals surface area contributed by atoms with Crippen molar-refractivity contribution in [1.29, 1.82) is 0 Å². The monoisotopic (exact) mass is 416 g/mol. The first kappa shape index (κ1) is 21.8. The van der Waals surface area contributed by atoms with Crippen molar-refractivity contribution in [1.82, 2.24) is 5.32 Å². The number of non-ortho nitro benzene ring substituents is 1. The van der Waals surface area contributed by atoms with Crippen molar-refractivity contribution in [2.75, 3.05) is 7.11 Å². The van der Waals surface area contributed by atoms with E-state index < -0.39 is 4.92 Å². The fraction of sp³-hybridized carbons (Fsp3) is 0.160. The lowest BCUT2D eigenvalue weighted by atomic mass is 9.99. The van der Waals surface area contributed by atoms with Crippen molar-refractivity contribution in [2.45, 2.75) is 19.4 Å². The van der Waals surface area contributed by atoms with E-state index in [-0.39, 0.29) is 17.6 Å². The Bertz CT molecular complexity index is 1080. The zero-order chi connectivity index (χ0) is 22.2. The highest BCUT2D eigenvalue weighted by Gasteiger charge is 2.18. The third-order valence-corrected chi connectivity index (χ3v) is 4.95. The van der Waals surface area contributed by atoms with Crippen LogP contribution in [0.4, 0.5) is 5.69 Å². The number of methoxy groups -OCH3 is 1. The summed E-state index contributed by atoms with van der Waals surface area (Å²) in [6.45, 7) is 2.00.